The van der Waals surface area contributed by atoms with Crippen molar-refractivity contribution in [3.8, 4) is 0 Å². The Morgan fingerprint density at radius 2 is 1.93 bits per heavy atom. The van der Waals surface area contributed by atoms with Gasteiger partial charge in [-0.3, -0.25) is 0 Å². The Bertz CT molecular complexity index is 614. The molecule has 3 nitrogen and oxygen atoms in total. The summed E-state index contributed by atoms with van der Waals surface area (Å²) in [5.41, 5.74) is -1.51. The van der Waals surface area contributed by atoms with Gasteiger partial charge in [0.15, 0.2) is 0 Å². The standard InChI is InChI=1S/C10H21NO2S/c1-10(2,3)8-4-6-9(7-5-8)14(11,12)13/h8-9H,4-7H2,1-3H3,(H2,11,12,13)/i4D2,5D2,6D,7D2,8D,9D. The highest BCUT2D eigenvalue weighted by atomic mass is 32.2. The molecule has 84 valence electrons. The summed E-state index contributed by atoms with van der Waals surface area (Å²) in [6.45, 7) is 3.89. The molecule has 4 heteroatoms. The SMILES string of the molecule is [2H]C1C([2H])([2H])C([2H])(C(C)(C)C)C([2H])([2H])C([2H])([2H])C1([2H])S(N)(=O)=O. The molecule has 2 N–H and O–H groups in total. The van der Waals surface area contributed by atoms with E-state index in [9.17, 15) is 8.42 Å². The van der Waals surface area contributed by atoms with Crippen molar-refractivity contribution in [2.24, 2.45) is 16.4 Å². The van der Waals surface area contributed by atoms with E-state index in [2.05, 4.69) is 0 Å². The highest BCUT2D eigenvalue weighted by Crippen LogP contribution is 2.38. The van der Waals surface area contributed by atoms with Crippen LogP contribution in [0.5, 0.6) is 0 Å². The van der Waals surface area contributed by atoms with Crippen LogP contribution in [0.25, 0.3) is 0 Å². The van der Waals surface area contributed by atoms with E-state index in [1.165, 1.54) is 20.8 Å². The fourth-order valence-electron chi connectivity index (χ4n) is 0.891. The molecule has 0 spiro atoms. The van der Waals surface area contributed by atoms with Crippen molar-refractivity contribution in [3.05, 3.63) is 0 Å². The number of hydrogen-bond acceptors (Lipinski definition) is 2. The first-order chi connectivity index (χ1) is 9.65. The van der Waals surface area contributed by atoms with Crippen LogP contribution in [0.4, 0.5) is 0 Å². The molecule has 0 radical (unpaired) electrons. The third-order valence-corrected chi connectivity index (χ3v) is 2.55. The summed E-state index contributed by atoms with van der Waals surface area (Å²) < 4.78 is 95.9. The van der Waals surface area contributed by atoms with Crippen molar-refractivity contribution >= 4 is 10.0 Å². The average molecular weight is 228 g/mol. The molecular formula is C10H21NO2S. The van der Waals surface area contributed by atoms with Crippen LogP contribution in [0.1, 0.15) is 58.6 Å². The Balaban J connectivity index is 4.02. The zero-order chi connectivity index (χ0) is 19.1. The van der Waals surface area contributed by atoms with Crippen molar-refractivity contribution < 1.29 is 20.8 Å². The molecule has 14 heavy (non-hydrogen) atoms. The second-order valence-electron chi connectivity index (χ2n) is 4.07. The Morgan fingerprint density at radius 1 is 1.36 bits per heavy atom. The van der Waals surface area contributed by atoms with Crippen molar-refractivity contribution in [2.45, 2.75) is 51.5 Å². The van der Waals surface area contributed by atoms with Gasteiger partial charge in [-0.1, -0.05) is 20.8 Å². The molecule has 3 atom stereocenters. The van der Waals surface area contributed by atoms with Gasteiger partial charge in [0.25, 0.3) is 0 Å². The molecule has 0 aromatic carbocycles. The number of sulfonamides is 1. The smallest absolute Gasteiger partial charge is 0.211 e. The van der Waals surface area contributed by atoms with Crippen LogP contribution in [0.15, 0.2) is 0 Å². The predicted octanol–water partition coefficient (Wildman–Crippen LogP) is 1.88. The lowest BCUT2D eigenvalue weighted by Crippen LogP contribution is -2.35. The molecule has 0 bridgehead atoms. The summed E-state index contributed by atoms with van der Waals surface area (Å²) in [5.74, 6) is -2.85. The first kappa shape index (κ1) is 4.42. The van der Waals surface area contributed by atoms with Crippen LogP contribution >= 0.6 is 0 Å². The fraction of sp³-hybridized carbons (Fsp3) is 1.00. The highest BCUT2D eigenvalue weighted by molar-refractivity contribution is 7.89. The van der Waals surface area contributed by atoms with Gasteiger partial charge in [0.2, 0.25) is 10.0 Å². The number of hydrogen-bond donors (Lipinski definition) is 1. The molecule has 3 unspecified atom stereocenters. The van der Waals surface area contributed by atoms with Crippen LogP contribution in [0, 0.1) is 11.3 Å². The van der Waals surface area contributed by atoms with Crippen LogP contribution < -0.4 is 5.14 Å². The van der Waals surface area contributed by atoms with Crippen molar-refractivity contribution in [2.75, 3.05) is 0 Å². The predicted molar refractivity (Wildman–Crippen MR) is 58.3 cm³/mol. The van der Waals surface area contributed by atoms with E-state index >= 15 is 0 Å². The second kappa shape index (κ2) is 3.81. The third-order valence-electron chi connectivity index (χ3n) is 1.71. The zero-order valence-electron chi connectivity index (χ0n) is 17.4. The van der Waals surface area contributed by atoms with Crippen molar-refractivity contribution in [1.82, 2.24) is 0 Å². The fourth-order valence-corrected chi connectivity index (χ4v) is 1.31. The summed E-state index contributed by atoms with van der Waals surface area (Å²) in [5, 5.41) is 1.27. The molecule has 1 saturated carbocycles. The van der Waals surface area contributed by atoms with Gasteiger partial charge in [-0.05, 0) is 36.8 Å². The van der Waals surface area contributed by atoms with Crippen molar-refractivity contribution in [1.29, 1.82) is 0 Å². The first-order valence-corrected chi connectivity index (χ1v) is 5.65. The molecule has 1 fully saturated rings. The minimum atomic E-state index is -5.18. The lowest BCUT2D eigenvalue weighted by molar-refractivity contribution is 0.180. The van der Waals surface area contributed by atoms with Crippen LogP contribution in [-0.4, -0.2) is 13.6 Å². The summed E-state index contributed by atoms with van der Waals surface area (Å²) in [4.78, 5) is 0. The van der Waals surface area contributed by atoms with Crippen molar-refractivity contribution in [3.63, 3.8) is 0 Å². The summed E-state index contributed by atoms with van der Waals surface area (Å²) in [6, 6.07) is 0. The second-order valence-corrected chi connectivity index (χ2v) is 5.60. The van der Waals surface area contributed by atoms with E-state index in [4.69, 9.17) is 17.5 Å². The molecule has 0 aliphatic heterocycles. The van der Waals surface area contributed by atoms with E-state index in [0.29, 0.717) is 0 Å². The van der Waals surface area contributed by atoms with Crippen LogP contribution in [0.3, 0.4) is 0 Å². The van der Waals surface area contributed by atoms with Gasteiger partial charge in [0, 0.05) is 12.3 Å². The zero-order valence-corrected chi connectivity index (χ0v) is 9.20. The Hall–Kier alpha value is -0.0900. The minimum absolute atomic E-state index is 1.30. The van der Waals surface area contributed by atoms with Gasteiger partial charge in [-0.25, -0.2) is 13.6 Å². The molecule has 1 rings (SSSR count). The third kappa shape index (κ3) is 2.95. The maximum atomic E-state index is 11.8. The topological polar surface area (TPSA) is 60.2 Å². The highest BCUT2D eigenvalue weighted by Gasteiger charge is 2.33. The van der Waals surface area contributed by atoms with E-state index < -0.39 is 52.1 Å². The van der Waals surface area contributed by atoms with E-state index in [-0.39, 0.29) is 0 Å². The summed E-state index contributed by atoms with van der Waals surface area (Å²) in [7, 11) is -5.18. The van der Waals surface area contributed by atoms with Crippen LogP contribution in [0.2, 0.25) is 0 Å². The molecule has 1 aliphatic rings. The Labute approximate surface area is 99.8 Å². The minimum Gasteiger partial charge on any atom is -0.228 e. The number of nitrogens with two attached hydrogens (primary N) is 1. The number of primary sulfonamides is 1. The Morgan fingerprint density at radius 3 is 2.36 bits per heavy atom. The first-order valence-electron chi connectivity index (χ1n) is 8.68. The molecule has 0 heterocycles. The van der Waals surface area contributed by atoms with Gasteiger partial charge in [0.1, 0.15) is 0 Å². The molecule has 0 amide bonds. The van der Waals surface area contributed by atoms with Gasteiger partial charge >= 0.3 is 0 Å². The maximum Gasteiger partial charge on any atom is 0.211 e. The quantitative estimate of drug-likeness (QED) is 0.745. The molecule has 0 saturated heterocycles. The maximum absolute atomic E-state index is 11.8. The van der Waals surface area contributed by atoms with Gasteiger partial charge in [-0.15, -0.1) is 0 Å². The van der Waals surface area contributed by atoms with E-state index in [0.717, 1.165) is 0 Å². The van der Waals surface area contributed by atoms with Gasteiger partial charge in [-0.2, -0.15) is 0 Å². The molecular weight excluding hydrogens is 198 g/mol. The van der Waals surface area contributed by atoms with Gasteiger partial charge in [0.05, 0.1) is 5.23 Å². The number of rotatable bonds is 1. The van der Waals surface area contributed by atoms with Crippen LogP contribution in [-0.2, 0) is 10.0 Å². The average Bonchev–Trinajstić information content (AvgIpc) is 2.30. The van der Waals surface area contributed by atoms with E-state index in [1.54, 1.807) is 0 Å². The largest absolute Gasteiger partial charge is 0.228 e. The summed E-state index contributed by atoms with van der Waals surface area (Å²) >= 11 is 0. The Kier molecular flexibility index (Phi) is 1.20. The lowest BCUT2D eigenvalue weighted by Gasteiger charge is -2.36. The molecule has 0 aromatic heterocycles. The monoisotopic (exact) mass is 228 g/mol. The lowest BCUT2D eigenvalue weighted by atomic mass is 9.72. The normalized spacial score (nSPS) is 66.3. The molecule has 1 aliphatic carbocycles. The van der Waals surface area contributed by atoms with E-state index in [1.807, 2.05) is 0 Å². The summed E-state index contributed by atoms with van der Waals surface area (Å²) in [6.07, 6.45) is -12.8. The van der Waals surface area contributed by atoms with Gasteiger partial charge < -0.3 is 0 Å². The molecule has 0 aromatic rings.